The number of hydrogen-bond acceptors (Lipinski definition) is 5. The molecule has 0 aliphatic carbocycles. The summed E-state index contributed by atoms with van der Waals surface area (Å²) in [6, 6.07) is 9.87. The van der Waals surface area contributed by atoms with E-state index in [4.69, 9.17) is 9.47 Å². The fourth-order valence-electron chi connectivity index (χ4n) is 2.86. The summed E-state index contributed by atoms with van der Waals surface area (Å²) in [5, 5.41) is 7.82. The Morgan fingerprint density at radius 3 is 2.22 bits per heavy atom. The highest BCUT2D eigenvalue weighted by Crippen LogP contribution is 2.26. The Bertz CT molecular complexity index is 971. The zero-order chi connectivity index (χ0) is 23.9. The maximum atomic E-state index is 13.8. The van der Waals surface area contributed by atoms with E-state index in [1.165, 1.54) is 20.1 Å². The van der Waals surface area contributed by atoms with Crippen molar-refractivity contribution in [3.8, 4) is 5.75 Å². The van der Waals surface area contributed by atoms with Crippen LogP contribution in [0.15, 0.2) is 42.5 Å². The van der Waals surface area contributed by atoms with Crippen LogP contribution in [0, 0.1) is 5.82 Å². The van der Waals surface area contributed by atoms with Crippen LogP contribution in [0.1, 0.15) is 45.7 Å². The molecule has 0 radical (unpaired) electrons. The molecular weight excluding hydrogens is 417 g/mol. The zero-order valence-corrected chi connectivity index (χ0v) is 18.7. The van der Waals surface area contributed by atoms with Crippen LogP contribution in [0.5, 0.6) is 5.75 Å². The fraction of sp³-hybridized carbons (Fsp3) is 0.348. The number of ether oxygens (including phenoxy) is 2. The van der Waals surface area contributed by atoms with Crippen molar-refractivity contribution >= 4 is 29.3 Å². The van der Waals surface area contributed by atoms with Crippen LogP contribution < -0.4 is 20.7 Å². The number of amides is 3. The number of methoxy groups -OCH3 is 1. The van der Waals surface area contributed by atoms with Crippen molar-refractivity contribution in [3.05, 3.63) is 53.8 Å². The average molecular weight is 445 g/mol. The Hall–Kier alpha value is -3.62. The van der Waals surface area contributed by atoms with Gasteiger partial charge in [0.25, 0.3) is 0 Å². The monoisotopic (exact) mass is 445 g/mol. The van der Waals surface area contributed by atoms with Gasteiger partial charge in [0, 0.05) is 6.92 Å². The molecule has 1 unspecified atom stereocenters. The van der Waals surface area contributed by atoms with Crippen LogP contribution in [0.4, 0.5) is 20.6 Å². The first kappa shape index (κ1) is 24.6. The summed E-state index contributed by atoms with van der Waals surface area (Å²) in [6.45, 7) is 6.48. The normalized spacial score (nSPS) is 11.8. The smallest absolute Gasteiger partial charge is 0.412 e. The number of benzene rings is 2. The third-order valence-electron chi connectivity index (χ3n) is 4.18. The molecule has 3 N–H and O–H groups in total. The van der Waals surface area contributed by atoms with E-state index in [2.05, 4.69) is 16.0 Å². The minimum atomic E-state index is -0.742. The molecule has 2 rings (SSSR count). The van der Waals surface area contributed by atoms with E-state index in [0.29, 0.717) is 11.3 Å². The maximum Gasteiger partial charge on any atom is 0.412 e. The molecule has 0 spiro atoms. The molecule has 0 bridgehead atoms. The lowest BCUT2D eigenvalue weighted by atomic mass is 10.0. The number of halogens is 1. The number of carbonyl (C=O) groups excluding carboxylic acids is 3. The molecule has 1 atom stereocenters. The van der Waals surface area contributed by atoms with Gasteiger partial charge in [0.05, 0.1) is 30.9 Å². The van der Waals surface area contributed by atoms with Crippen molar-refractivity contribution in [2.75, 3.05) is 17.7 Å². The van der Waals surface area contributed by atoms with Gasteiger partial charge in [-0.05, 0) is 56.7 Å². The van der Waals surface area contributed by atoms with Crippen molar-refractivity contribution in [3.63, 3.8) is 0 Å². The molecule has 0 aliphatic heterocycles. The molecule has 0 saturated carbocycles. The van der Waals surface area contributed by atoms with Gasteiger partial charge in [0.15, 0.2) is 0 Å². The van der Waals surface area contributed by atoms with E-state index in [0.717, 1.165) is 12.1 Å². The van der Waals surface area contributed by atoms with Crippen LogP contribution >= 0.6 is 0 Å². The lowest BCUT2D eigenvalue weighted by molar-refractivity contribution is -0.120. The number of nitrogens with one attached hydrogen (secondary N) is 3. The van der Waals surface area contributed by atoms with Gasteiger partial charge in [-0.1, -0.05) is 12.1 Å². The van der Waals surface area contributed by atoms with Gasteiger partial charge in [-0.15, -0.1) is 0 Å². The molecule has 172 valence electrons. The minimum Gasteiger partial charge on any atom is -0.497 e. The van der Waals surface area contributed by atoms with Gasteiger partial charge in [0.1, 0.15) is 17.2 Å². The van der Waals surface area contributed by atoms with Gasteiger partial charge in [0.2, 0.25) is 11.8 Å². The highest BCUT2D eigenvalue weighted by Gasteiger charge is 2.20. The summed E-state index contributed by atoms with van der Waals surface area (Å²) in [5.41, 5.74) is 0.214. The van der Waals surface area contributed by atoms with E-state index in [-0.39, 0.29) is 23.7 Å². The summed E-state index contributed by atoms with van der Waals surface area (Å²) >= 11 is 0. The first-order valence-electron chi connectivity index (χ1n) is 9.97. The predicted molar refractivity (Wildman–Crippen MR) is 119 cm³/mol. The molecule has 3 amide bonds. The second-order valence-corrected chi connectivity index (χ2v) is 8.10. The Kier molecular flexibility index (Phi) is 8.17. The zero-order valence-electron chi connectivity index (χ0n) is 18.7. The molecule has 2 aromatic carbocycles. The SMILES string of the molecule is COc1ccc(C(CC(=O)Nc2cc(F)ccc2NC(=O)OC(C)(C)C)NC(C)=O)cc1. The van der Waals surface area contributed by atoms with Crippen LogP contribution in [0.25, 0.3) is 0 Å². The number of rotatable bonds is 7. The van der Waals surface area contributed by atoms with E-state index < -0.39 is 29.5 Å². The number of hydrogen-bond donors (Lipinski definition) is 3. The second kappa shape index (κ2) is 10.6. The molecular formula is C23H28FN3O5. The highest BCUT2D eigenvalue weighted by atomic mass is 19.1. The second-order valence-electron chi connectivity index (χ2n) is 8.10. The van der Waals surface area contributed by atoms with Crippen LogP contribution in [0.2, 0.25) is 0 Å². The van der Waals surface area contributed by atoms with E-state index in [1.54, 1.807) is 45.0 Å². The van der Waals surface area contributed by atoms with E-state index >= 15 is 0 Å². The molecule has 9 heteroatoms. The Morgan fingerprint density at radius 2 is 1.66 bits per heavy atom. The molecule has 8 nitrogen and oxygen atoms in total. The Labute approximate surface area is 186 Å². The first-order valence-corrected chi connectivity index (χ1v) is 9.97. The number of carbonyl (C=O) groups is 3. The molecule has 0 aromatic heterocycles. The van der Waals surface area contributed by atoms with Gasteiger partial charge >= 0.3 is 6.09 Å². The van der Waals surface area contributed by atoms with Crippen molar-refractivity contribution in [1.82, 2.24) is 5.32 Å². The molecule has 2 aromatic rings. The standard InChI is InChI=1S/C23H28FN3O5/c1-14(28)25-19(15-6-9-17(31-5)10-7-15)13-21(29)26-20-12-16(24)8-11-18(20)27-22(30)32-23(2,3)4/h6-12,19H,13H2,1-5H3,(H,25,28)(H,26,29)(H,27,30). The van der Waals surface area contributed by atoms with E-state index in [1.807, 2.05) is 0 Å². The van der Waals surface area contributed by atoms with Crippen LogP contribution in [-0.4, -0.2) is 30.6 Å². The van der Waals surface area contributed by atoms with Gasteiger partial charge < -0.3 is 20.1 Å². The maximum absolute atomic E-state index is 13.8. The quantitative estimate of drug-likeness (QED) is 0.586. The molecule has 0 aliphatic rings. The third-order valence-corrected chi connectivity index (χ3v) is 4.18. The highest BCUT2D eigenvalue weighted by molar-refractivity contribution is 5.98. The Morgan fingerprint density at radius 1 is 1.00 bits per heavy atom. The average Bonchev–Trinajstić information content (AvgIpc) is 2.68. The van der Waals surface area contributed by atoms with Crippen molar-refractivity contribution in [1.29, 1.82) is 0 Å². The van der Waals surface area contributed by atoms with Crippen LogP contribution in [-0.2, 0) is 14.3 Å². The topological polar surface area (TPSA) is 106 Å². The van der Waals surface area contributed by atoms with Crippen LogP contribution in [0.3, 0.4) is 0 Å². The molecule has 32 heavy (non-hydrogen) atoms. The Balaban J connectivity index is 2.17. The van der Waals surface area contributed by atoms with Gasteiger partial charge in [-0.2, -0.15) is 0 Å². The lowest BCUT2D eigenvalue weighted by Gasteiger charge is -2.21. The summed E-state index contributed by atoms with van der Waals surface area (Å²) in [7, 11) is 1.54. The van der Waals surface area contributed by atoms with Gasteiger partial charge in [-0.3, -0.25) is 14.9 Å². The summed E-state index contributed by atoms with van der Waals surface area (Å²) in [5.74, 6) is -0.755. The first-order chi connectivity index (χ1) is 15.0. The summed E-state index contributed by atoms with van der Waals surface area (Å²) in [4.78, 5) is 36.5. The third kappa shape index (κ3) is 7.90. The fourth-order valence-corrected chi connectivity index (χ4v) is 2.86. The molecule has 0 heterocycles. The molecule has 0 fully saturated rings. The van der Waals surface area contributed by atoms with Crippen molar-refractivity contribution in [2.24, 2.45) is 0 Å². The number of anilines is 2. The van der Waals surface area contributed by atoms with Crippen molar-refractivity contribution in [2.45, 2.75) is 45.8 Å². The van der Waals surface area contributed by atoms with E-state index in [9.17, 15) is 18.8 Å². The summed E-state index contributed by atoms with van der Waals surface area (Å²) < 4.78 is 24.1. The predicted octanol–water partition coefficient (Wildman–Crippen LogP) is 4.39. The van der Waals surface area contributed by atoms with Gasteiger partial charge in [-0.25, -0.2) is 9.18 Å². The van der Waals surface area contributed by atoms with Crippen molar-refractivity contribution < 1.29 is 28.2 Å². The summed E-state index contributed by atoms with van der Waals surface area (Å²) in [6.07, 6.45) is -0.858. The lowest BCUT2D eigenvalue weighted by Crippen LogP contribution is -2.30. The minimum absolute atomic E-state index is 0.0668. The molecule has 0 saturated heterocycles. The largest absolute Gasteiger partial charge is 0.497 e.